The predicted octanol–water partition coefficient (Wildman–Crippen LogP) is 2.40. The molecule has 0 aliphatic rings. The molecule has 0 saturated heterocycles. The number of aromatic nitrogens is 2. The molecule has 0 amide bonds. The van der Waals surface area contributed by atoms with Crippen LogP contribution in [0, 0.1) is 0 Å². The molecule has 2 rings (SSSR count). The van der Waals surface area contributed by atoms with Gasteiger partial charge in [0.25, 0.3) is 0 Å². The van der Waals surface area contributed by atoms with Crippen LogP contribution in [-0.4, -0.2) is 24.2 Å². The Bertz CT molecular complexity index is 555. The predicted molar refractivity (Wildman–Crippen MR) is 70.0 cm³/mol. The molecule has 18 heavy (non-hydrogen) atoms. The SMILES string of the molecule is COc1cccc(-c2cc(Cl)nc(N)n2)c1OC. The van der Waals surface area contributed by atoms with Gasteiger partial charge in [0.1, 0.15) is 5.15 Å². The van der Waals surface area contributed by atoms with Gasteiger partial charge in [-0.25, -0.2) is 9.97 Å². The number of ether oxygens (including phenoxy) is 2. The third-order valence-corrected chi connectivity index (χ3v) is 2.58. The zero-order valence-electron chi connectivity index (χ0n) is 9.98. The third-order valence-electron chi connectivity index (χ3n) is 2.39. The van der Waals surface area contributed by atoms with Crippen molar-refractivity contribution in [3.63, 3.8) is 0 Å². The minimum Gasteiger partial charge on any atom is -0.493 e. The molecule has 2 aromatic rings. The fraction of sp³-hybridized carbons (Fsp3) is 0.167. The van der Waals surface area contributed by atoms with Crippen LogP contribution in [0.5, 0.6) is 11.5 Å². The van der Waals surface area contributed by atoms with Crippen molar-refractivity contribution >= 4 is 17.5 Å². The molecule has 2 N–H and O–H groups in total. The quantitative estimate of drug-likeness (QED) is 0.863. The molecule has 0 spiro atoms. The molecule has 1 aromatic carbocycles. The first kappa shape index (κ1) is 12.4. The van der Waals surface area contributed by atoms with Gasteiger partial charge in [-0.15, -0.1) is 0 Å². The van der Waals surface area contributed by atoms with E-state index >= 15 is 0 Å². The topological polar surface area (TPSA) is 70.3 Å². The Labute approximate surface area is 110 Å². The fourth-order valence-corrected chi connectivity index (χ4v) is 1.85. The minimum absolute atomic E-state index is 0.113. The number of anilines is 1. The fourth-order valence-electron chi connectivity index (χ4n) is 1.66. The van der Waals surface area contributed by atoms with Crippen molar-refractivity contribution in [2.45, 2.75) is 0 Å². The number of para-hydroxylation sites is 1. The molecule has 0 fully saturated rings. The molecule has 0 radical (unpaired) electrons. The van der Waals surface area contributed by atoms with Gasteiger partial charge in [0, 0.05) is 11.6 Å². The van der Waals surface area contributed by atoms with E-state index in [-0.39, 0.29) is 11.1 Å². The van der Waals surface area contributed by atoms with Crippen LogP contribution in [0.1, 0.15) is 0 Å². The molecule has 0 unspecified atom stereocenters. The normalized spacial score (nSPS) is 10.2. The van der Waals surface area contributed by atoms with Gasteiger partial charge in [-0.1, -0.05) is 17.7 Å². The molecule has 0 atom stereocenters. The van der Waals surface area contributed by atoms with Gasteiger partial charge >= 0.3 is 0 Å². The van der Waals surface area contributed by atoms with Crippen LogP contribution in [0.25, 0.3) is 11.3 Å². The highest BCUT2D eigenvalue weighted by atomic mass is 35.5. The van der Waals surface area contributed by atoms with Crippen molar-refractivity contribution in [1.29, 1.82) is 0 Å². The van der Waals surface area contributed by atoms with E-state index in [2.05, 4.69) is 9.97 Å². The van der Waals surface area contributed by atoms with Crippen LogP contribution in [0.4, 0.5) is 5.95 Å². The Hall–Kier alpha value is -2.01. The van der Waals surface area contributed by atoms with Gasteiger partial charge in [-0.05, 0) is 12.1 Å². The highest BCUT2D eigenvalue weighted by Gasteiger charge is 2.13. The summed E-state index contributed by atoms with van der Waals surface area (Å²) in [5, 5.41) is 0.280. The second kappa shape index (κ2) is 5.10. The zero-order valence-corrected chi connectivity index (χ0v) is 10.7. The van der Waals surface area contributed by atoms with Crippen LogP contribution in [0.3, 0.4) is 0 Å². The Kier molecular flexibility index (Phi) is 3.53. The molecule has 1 heterocycles. The summed E-state index contributed by atoms with van der Waals surface area (Å²) in [4.78, 5) is 7.95. The zero-order chi connectivity index (χ0) is 13.1. The summed E-state index contributed by atoms with van der Waals surface area (Å²) in [6.45, 7) is 0. The maximum atomic E-state index is 5.87. The van der Waals surface area contributed by atoms with E-state index in [4.69, 9.17) is 26.8 Å². The lowest BCUT2D eigenvalue weighted by molar-refractivity contribution is 0.356. The van der Waals surface area contributed by atoms with E-state index in [9.17, 15) is 0 Å². The van der Waals surface area contributed by atoms with E-state index in [0.29, 0.717) is 17.2 Å². The van der Waals surface area contributed by atoms with E-state index in [1.807, 2.05) is 12.1 Å². The standard InChI is InChI=1S/C12H12ClN3O2/c1-17-9-5-3-4-7(11(9)18-2)8-6-10(13)16-12(14)15-8/h3-6H,1-2H3,(H2,14,15,16). The molecule has 0 bridgehead atoms. The third kappa shape index (κ3) is 2.31. The van der Waals surface area contributed by atoms with Crippen LogP contribution >= 0.6 is 11.6 Å². The maximum Gasteiger partial charge on any atom is 0.221 e. The van der Waals surface area contributed by atoms with Crippen molar-refractivity contribution in [3.8, 4) is 22.8 Å². The maximum absolute atomic E-state index is 5.87. The van der Waals surface area contributed by atoms with Gasteiger partial charge in [-0.2, -0.15) is 0 Å². The molecular weight excluding hydrogens is 254 g/mol. The van der Waals surface area contributed by atoms with Gasteiger partial charge in [0.15, 0.2) is 11.5 Å². The second-order valence-corrected chi connectivity index (χ2v) is 3.86. The first-order valence-electron chi connectivity index (χ1n) is 5.17. The number of nitrogens with two attached hydrogens (primary N) is 1. The van der Waals surface area contributed by atoms with Gasteiger partial charge in [0.2, 0.25) is 5.95 Å². The van der Waals surface area contributed by atoms with E-state index in [0.717, 1.165) is 5.56 Å². The Morgan fingerprint density at radius 3 is 2.56 bits per heavy atom. The number of benzene rings is 1. The van der Waals surface area contributed by atoms with Crippen molar-refractivity contribution in [2.24, 2.45) is 0 Å². The Morgan fingerprint density at radius 1 is 1.17 bits per heavy atom. The Morgan fingerprint density at radius 2 is 1.94 bits per heavy atom. The first-order valence-corrected chi connectivity index (χ1v) is 5.55. The number of nitrogen functional groups attached to an aromatic ring is 1. The molecule has 6 heteroatoms. The summed E-state index contributed by atoms with van der Waals surface area (Å²) < 4.78 is 10.6. The first-order chi connectivity index (χ1) is 8.65. The van der Waals surface area contributed by atoms with E-state index < -0.39 is 0 Å². The van der Waals surface area contributed by atoms with Crippen molar-refractivity contribution < 1.29 is 9.47 Å². The number of halogens is 1. The smallest absolute Gasteiger partial charge is 0.221 e. The van der Waals surface area contributed by atoms with E-state index in [1.165, 1.54) is 0 Å². The van der Waals surface area contributed by atoms with Crippen LogP contribution < -0.4 is 15.2 Å². The summed E-state index contributed by atoms with van der Waals surface area (Å²) in [5.74, 6) is 1.31. The molecule has 0 saturated carbocycles. The lowest BCUT2D eigenvalue weighted by Crippen LogP contribution is -1.99. The highest BCUT2D eigenvalue weighted by molar-refractivity contribution is 6.29. The number of rotatable bonds is 3. The summed E-state index contributed by atoms with van der Waals surface area (Å²) in [6, 6.07) is 7.10. The molecule has 1 aromatic heterocycles. The molecule has 94 valence electrons. The number of methoxy groups -OCH3 is 2. The highest BCUT2D eigenvalue weighted by Crippen LogP contribution is 2.37. The average Bonchev–Trinajstić information content (AvgIpc) is 2.36. The van der Waals surface area contributed by atoms with Gasteiger partial charge in [0.05, 0.1) is 19.9 Å². The van der Waals surface area contributed by atoms with E-state index in [1.54, 1.807) is 26.4 Å². The Balaban J connectivity index is 2.63. The lowest BCUT2D eigenvalue weighted by atomic mass is 10.1. The molecule has 0 aliphatic carbocycles. The van der Waals surface area contributed by atoms with Gasteiger partial charge in [-0.3, -0.25) is 0 Å². The average molecular weight is 266 g/mol. The second-order valence-electron chi connectivity index (χ2n) is 3.48. The molecule has 0 aliphatic heterocycles. The minimum atomic E-state index is 0.113. The van der Waals surface area contributed by atoms with Crippen molar-refractivity contribution in [1.82, 2.24) is 9.97 Å². The van der Waals surface area contributed by atoms with Crippen molar-refractivity contribution in [3.05, 3.63) is 29.4 Å². The number of hydrogen-bond acceptors (Lipinski definition) is 5. The van der Waals surface area contributed by atoms with Gasteiger partial charge < -0.3 is 15.2 Å². The lowest BCUT2D eigenvalue weighted by Gasteiger charge is -2.12. The van der Waals surface area contributed by atoms with Crippen LogP contribution in [0.15, 0.2) is 24.3 Å². The molecular formula is C12H12ClN3O2. The van der Waals surface area contributed by atoms with Crippen molar-refractivity contribution in [2.75, 3.05) is 20.0 Å². The summed E-state index contributed by atoms with van der Waals surface area (Å²) in [6.07, 6.45) is 0. The monoisotopic (exact) mass is 265 g/mol. The van der Waals surface area contributed by atoms with Crippen LogP contribution in [0.2, 0.25) is 5.15 Å². The summed E-state index contributed by atoms with van der Waals surface area (Å²) in [5.41, 5.74) is 6.91. The summed E-state index contributed by atoms with van der Waals surface area (Å²) in [7, 11) is 3.14. The molecule has 5 nitrogen and oxygen atoms in total. The number of nitrogens with zero attached hydrogens (tertiary/aromatic N) is 2. The largest absolute Gasteiger partial charge is 0.493 e. The number of hydrogen-bond donors (Lipinski definition) is 1. The summed E-state index contributed by atoms with van der Waals surface area (Å²) >= 11 is 5.87. The van der Waals surface area contributed by atoms with Crippen LogP contribution in [-0.2, 0) is 0 Å².